The maximum atomic E-state index is 13.6. The lowest BCUT2D eigenvalue weighted by Crippen LogP contribution is -2.36. The van der Waals surface area contributed by atoms with Crippen molar-refractivity contribution in [1.82, 2.24) is 0 Å². The zero-order chi connectivity index (χ0) is 13.1. The molecule has 0 aromatic heterocycles. The zero-order valence-corrected chi connectivity index (χ0v) is 10.3. The Morgan fingerprint density at radius 1 is 1.29 bits per heavy atom. The van der Waals surface area contributed by atoms with E-state index in [2.05, 4.69) is 0 Å². The monoisotopic (exact) mass is 244 g/mol. The lowest BCUT2D eigenvalue weighted by Gasteiger charge is -2.33. The van der Waals surface area contributed by atoms with Gasteiger partial charge in [0.25, 0.3) is 0 Å². The van der Waals surface area contributed by atoms with Gasteiger partial charge in [0.1, 0.15) is 17.7 Å². The Labute approximate surface area is 100 Å². The summed E-state index contributed by atoms with van der Waals surface area (Å²) < 4.78 is 32.5. The highest BCUT2D eigenvalue weighted by molar-refractivity contribution is 5.24. The van der Waals surface area contributed by atoms with Gasteiger partial charge in [0, 0.05) is 6.61 Å². The number of benzene rings is 1. The summed E-state index contributed by atoms with van der Waals surface area (Å²) in [7, 11) is 0. The third kappa shape index (κ3) is 2.82. The molecule has 0 aliphatic carbocycles. The topological polar surface area (TPSA) is 29.5 Å². The fraction of sp³-hybridized carbons (Fsp3) is 0.538. The van der Waals surface area contributed by atoms with Crippen LogP contribution in [-0.2, 0) is 4.74 Å². The Balaban J connectivity index is 3.14. The molecule has 0 fully saturated rings. The summed E-state index contributed by atoms with van der Waals surface area (Å²) in [6.45, 7) is 5.60. The van der Waals surface area contributed by atoms with Crippen LogP contribution in [0.4, 0.5) is 8.78 Å². The van der Waals surface area contributed by atoms with Crippen molar-refractivity contribution in [3.8, 4) is 0 Å². The van der Waals surface area contributed by atoms with Crippen LogP contribution in [0, 0.1) is 11.6 Å². The number of ether oxygens (including phenoxy) is 1. The van der Waals surface area contributed by atoms with Gasteiger partial charge in [-0.25, -0.2) is 8.78 Å². The molecule has 2 unspecified atom stereocenters. The Morgan fingerprint density at radius 2 is 1.82 bits per heavy atom. The van der Waals surface area contributed by atoms with E-state index < -0.39 is 23.3 Å². The van der Waals surface area contributed by atoms with Gasteiger partial charge in [0.2, 0.25) is 0 Å². The molecule has 0 saturated heterocycles. The summed E-state index contributed by atoms with van der Waals surface area (Å²) in [5.74, 6) is -1.51. The standard InChI is InChI=1S/C13H18F2O2/c1-4-13(3,17-5-2)12(16)11-9(14)7-6-8-10(11)15/h6-8,12,16H,4-5H2,1-3H3. The van der Waals surface area contributed by atoms with Crippen LogP contribution in [0.25, 0.3) is 0 Å². The molecular formula is C13H18F2O2. The molecule has 4 heteroatoms. The molecule has 1 aromatic rings. The predicted molar refractivity (Wildman–Crippen MR) is 61.6 cm³/mol. The summed E-state index contributed by atoms with van der Waals surface area (Å²) in [6.07, 6.45) is -0.871. The molecule has 0 aliphatic rings. The fourth-order valence-electron chi connectivity index (χ4n) is 1.78. The lowest BCUT2D eigenvalue weighted by atomic mass is 9.89. The van der Waals surface area contributed by atoms with Crippen molar-refractivity contribution in [1.29, 1.82) is 0 Å². The van der Waals surface area contributed by atoms with Gasteiger partial charge in [-0.15, -0.1) is 0 Å². The Kier molecular flexibility index (Phi) is 4.60. The minimum atomic E-state index is -1.33. The first-order valence-electron chi connectivity index (χ1n) is 5.72. The van der Waals surface area contributed by atoms with Crippen molar-refractivity contribution in [2.45, 2.75) is 38.9 Å². The number of halogens is 2. The first-order chi connectivity index (χ1) is 7.96. The molecule has 2 nitrogen and oxygen atoms in total. The van der Waals surface area contributed by atoms with Gasteiger partial charge in [-0.3, -0.25) is 0 Å². The quantitative estimate of drug-likeness (QED) is 0.861. The summed E-state index contributed by atoms with van der Waals surface area (Å²) in [4.78, 5) is 0. The number of hydrogen-bond acceptors (Lipinski definition) is 2. The van der Waals surface area contributed by atoms with Crippen molar-refractivity contribution >= 4 is 0 Å². The average molecular weight is 244 g/mol. The van der Waals surface area contributed by atoms with Gasteiger partial charge in [-0.2, -0.15) is 0 Å². The molecular weight excluding hydrogens is 226 g/mol. The molecule has 1 aromatic carbocycles. The smallest absolute Gasteiger partial charge is 0.132 e. The minimum Gasteiger partial charge on any atom is -0.385 e. The molecule has 1 N–H and O–H groups in total. The molecule has 0 bridgehead atoms. The van der Waals surface area contributed by atoms with E-state index in [1.165, 1.54) is 6.07 Å². The number of aliphatic hydroxyl groups is 1. The highest BCUT2D eigenvalue weighted by Gasteiger charge is 2.36. The van der Waals surface area contributed by atoms with Crippen LogP contribution in [0.5, 0.6) is 0 Å². The first kappa shape index (κ1) is 14.1. The van der Waals surface area contributed by atoms with E-state index in [0.717, 1.165) is 12.1 Å². The largest absolute Gasteiger partial charge is 0.385 e. The van der Waals surface area contributed by atoms with Crippen molar-refractivity contribution in [3.63, 3.8) is 0 Å². The van der Waals surface area contributed by atoms with E-state index in [0.29, 0.717) is 13.0 Å². The summed E-state index contributed by atoms with van der Waals surface area (Å²) in [5, 5.41) is 10.1. The maximum Gasteiger partial charge on any atom is 0.132 e. The summed E-state index contributed by atoms with van der Waals surface area (Å²) in [5.41, 5.74) is -1.32. The Morgan fingerprint density at radius 3 is 2.24 bits per heavy atom. The third-order valence-corrected chi connectivity index (χ3v) is 3.03. The minimum absolute atomic E-state index is 0.328. The van der Waals surface area contributed by atoms with Gasteiger partial charge >= 0.3 is 0 Å². The average Bonchev–Trinajstić information content (AvgIpc) is 2.28. The second-order valence-corrected chi connectivity index (χ2v) is 4.14. The summed E-state index contributed by atoms with van der Waals surface area (Å²) >= 11 is 0. The van der Waals surface area contributed by atoms with Crippen LogP contribution < -0.4 is 0 Å². The lowest BCUT2D eigenvalue weighted by molar-refractivity contribution is -0.115. The van der Waals surface area contributed by atoms with Crippen LogP contribution >= 0.6 is 0 Å². The van der Waals surface area contributed by atoms with Crippen LogP contribution in [0.1, 0.15) is 38.9 Å². The van der Waals surface area contributed by atoms with E-state index in [1.807, 2.05) is 0 Å². The molecule has 17 heavy (non-hydrogen) atoms. The molecule has 0 aliphatic heterocycles. The molecule has 2 atom stereocenters. The SMILES string of the molecule is CCOC(C)(CC)C(O)c1c(F)cccc1F. The van der Waals surface area contributed by atoms with Gasteiger partial charge in [0.05, 0.1) is 11.2 Å². The van der Waals surface area contributed by atoms with Crippen LogP contribution in [-0.4, -0.2) is 17.3 Å². The fourth-order valence-corrected chi connectivity index (χ4v) is 1.78. The van der Waals surface area contributed by atoms with Crippen LogP contribution in [0.2, 0.25) is 0 Å². The molecule has 0 saturated carbocycles. The molecule has 0 spiro atoms. The second kappa shape index (κ2) is 5.56. The Hall–Kier alpha value is -1.00. The van der Waals surface area contributed by atoms with E-state index in [1.54, 1.807) is 20.8 Å². The van der Waals surface area contributed by atoms with Crippen molar-refractivity contribution in [2.75, 3.05) is 6.61 Å². The molecule has 1 rings (SSSR count). The molecule has 96 valence electrons. The van der Waals surface area contributed by atoms with Gasteiger partial charge < -0.3 is 9.84 Å². The van der Waals surface area contributed by atoms with E-state index >= 15 is 0 Å². The second-order valence-electron chi connectivity index (χ2n) is 4.14. The van der Waals surface area contributed by atoms with Crippen molar-refractivity contribution < 1.29 is 18.6 Å². The van der Waals surface area contributed by atoms with Crippen LogP contribution in [0.15, 0.2) is 18.2 Å². The molecule has 0 heterocycles. The zero-order valence-electron chi connectivity index (χ0n) is 10.3. The highest BCUT2D eigenvalue weighted by Crippen LogP contribution is 2.34. The maximum absolute atomic E-state index is 13.6. The number of hydrogen-bond donors (Lipinski definition) is 1. The van der Waals surface area contributed by atoms with Gasteiger partial charge in [-0.05, 0) is 32.4 Å². The number of rotatable bonds is 5. The summed E-state index contributed by atoms with van der Waals surface area (Å²) in [6, 6.07) is 3.53. The first-order valence-corrected chi connectivity index (χ1v) is 5.72. The molecule has 0 amide bonds. The normalized spacial score (nSPS) is 16.6. The van der Waals surface area contributed by atoms with E-state index in [4.69, 9.17) is 4.74 Å². The predicted octanol–water partition coefficient (Wildman–Crippen LogP) is 3.20. The van der Waals surface area contributed by atoms with Crippen molar-refractivity contribution in [3.05, 3.63) is 35.4 Å². The number of aliphatic hydroxyl groups excluding tert-OH is 1. The van der Waals surface area contributed by atoms with Gasteiger partial charge in [0.15, 0.2) is 0 Å². The van der Waals surface area contributed by atoms with Crippen molar-refractivity contribution in [2.24, 2.45) is 0 Å². The third-order valence-electron chi connectivity index (χ3n) is 3.03. The van der Waals surface area contributed by atoms with Gasteiger partial charge in [-0.1, -0.05) is 13.0 Å². The Bertz CT molecular complexity index is 361. The van der Waals surface area contributed by atoms with E-state index in [9.17, 15) is 13.9 Å². The molecule has 0 radical (unpaired) electrons. The van der Waals surface area contributed by atoms with E-state index in [-0.39, 0.29) is 5.56 Å². The van der Waals surface area contributed by atoms with Crippen LogP contribution in [0.3, 0.4) is 0 Å². The highest BCUT2D eigenvalue weighted by atomic mass is 19.1.